The van der Waals surface area contributed by atoms with Crippen molar-refractivity contribution in [3.05, 3.63) is 54.8 Å². The SMILES string of the molecule is C=N/C(=N\C=C(/C)F)N1C[C@H](O)C[C@H](S(=O)(=O)Nc2nnc(-c3cccnc3)n2-c2c(OC)cccc2OC)C1. The molecule has 3 aromatic rings. The Kier molecular flexibility index (Phi) is 8.74. The Morgan fingerprint density at radius 1 is 1.20 bits per heavy atom. The maximum atomic E-state index is 13.7. The van der Waals surface area contributed by atoms with Crippen LogP contribution in [0.15, 0.2) is 64.7 Å². The number of methoxy groups -OCH3 is 2. The van der Waals surface area contributed by atoms with Crippen LogP contribution in [0.1, 0.15) is 13.3 Å². The highest BCUT2D eigenvalue weighted by Gasteiger charge is 2.37. The standard InChI is InChI=1S/C25H29FN8O5S/c1-16(26)12-29-24(27-2)33-14-18(35)11-19(15-33)40(36,37)32-25-31-30-23(17-7-6-10-28-13-17)34(25)22-20(38-3)8-5-9-21(22)39-4/h5-10,12-13,18-19,35H,2,11,14-15H2,1,3-4H3,(H,31,32)/b16-12+,29-24+/t18-,19+/m1/s1. The Bertz CT molecular complexity index is 1500. The molecule has 1 fully saturated rings. The van der Waals surface area contributed by atoms with Crippen LogP contribution in [0.4, 0.5) is 10.3 Å². The fourth-order valence-corrected chi connectivity index (χ4v) is 5.70. The van der Waals surface area contributed by atoms with Gasteiger partial charge in [0.25, 0.3) is 0 Å². The summed E-state index contributed by atoms with van der Waals surface area (Å²) in [6.45, 7) is 4.59. The number of aliphatic hydroxyl groups excluding tert-OH is 1. The molecule has 0 bridgehead atoms. The van der Waals surface area contributed by atoms with Crippen molar-refractivity contribution in [3.63, 3.8) is 0 Å². The van der Waals surface area contributed by atoms with Gasteiger partial charge < -0.3 is 19.5 Å². The van der Waals surface area contributed by atoms with Gasteiger partial charge in [-0.1, -0.05) is 6.07 Å². The van der Waals surface area contributed by atoms with Crippen molar-refractivity contribution < 1.29 is 27.4 Å². The van der Waals surface area contributed by atoms with Crippen LogP contribution < -0.4 is 14.2 Å². The minimum absolute atomic E-state index is 0.0169. The maximum absolute atomic E-state index is 13.7. The number of halogens is 1. The molecule has 3 heterocycles. The molecule has 0 amide bonds. The first-order chi connectivity index (χ1) is 19.2. The Balaban J connectivity index is 1.77. The zero-order valence-corrected chi connectivity index (χ0v) is 22.9. The van der Waals surface area contributed by atoms with Crippen molar-refractivity contribution in [2.45, 2.75) is 24.7 Å². The van der Waals surface area contributed by atoms with Crippen LogP contribution in [0.25, 0.3) is 17.1 Å². The molecule has 2 N–H and O–H groups in total. The fraction of sp³-hybridized carbons (Fsp3) is 0.320. The van der Waals surface area contributed by atoms with Crippen molar-refractivity contribution in [3.8, 4) is 28.6 Å². The van der Waals surface area contributed by atoms with Crippen molar-refractivity contribution in [1.29, 1.82) is 0 Å². The number of aromatic nitrogens is 4. The summed E-state index contributed by atoms with van der Waals surface area (Å²) in [6, 6.07) is 8.57. The van der Waals surface area contributed by atoms with Crippen molar-refractivity contribution in [2.75, 3.05) is 32.0 Å². The molecule has 1 aromatic carbocycles. The first-order valence-corrected chi connectivity index (χ1v) is 13.6. The number of para-hydroxylation sites is 1. The predicted octanol–water partition coefficient (Wildman–Crippen LogP) is 2.41. The molecule has 1 saturated heterocycles. The smallest absolute Gasteiger partial charge is 0.243 e. The summed E-state index contributed by atoms with van der Waals surface area (Å²) in [6.07, 6.45) is 2.99. The summed E-state index contributed by atoms with van der Waals surface area (Å²) >= 11 is 0. The maximum Gasteiger partial charge on any atom is 0.243 e. The Morgan fingerprint density at radius 3 is 2.52 bits per heavy atom. The fourth-order valence-electron chi connectivity index (χ4n) is 4.29. The molecule has 2 aromatic heterocycles. The van der Waals surface area contributed by atoms with Crippen molar-refractivity contribution in [1.82, 2.24) is 24.6 Å². The van der Waals surface area contributed by atoms with E-state index < -0.39 is 27.2 Å². The molecule has 0 saturated carbocycles. The topological polar surface area (TPSA) is 156 Å². The average Bonchev–Trinajstić information content (AvgIpc) is 3.35. The highest BCUT2D eigenvalue weighted by molar-refractivity contribution is 7.93. The van der Waals surface area contributed by atoms with Gasteiger partial charge in [-0.05, 0) is 44.3 Å². The molecule has 15 heteroatoms. The third kappa shape index (κ3) is 6.10. The van der Waals surface area contributed by atoms with E-state index in [2.05, 4.69) is 36.6 Å². The van der Waals surface area contributed by atoms with Crippen molar-refractivity contribution >= 4 is 28.6 Å². The highest BCUT2D eigenvalue weighted by Crippen LogP contribution is 2.37. The van der Waals surface area contributed by atoms with E-state index in [9.17, 15) is 17.9 Å². The van der Waals surface area contributed by atoms with E-state index in [0.29, 0.717) is 22.7 Å². The normalized spacial score (nSPS) is 18.4. The molecule has 13 nitrogen and oxygen atoms in total. The third-order valence-corrected chi connectivity index (χ3v) is 7.74. The molecule has 0 spiro atoms. The van der Waals surface area contributed by atoms with E-state index in [-0.39, 0.29) is 37.2 Å². The number of allylic oxidation sites excluding steroid dienone is 1. The van der Waals surface area contributed by atoms with Crippen LogP contribution in [0.2, 0.25) is 0 Å². The number of sulfonamides is 1. The number of aliphatic hydroxyl groups is 1. The van der Waals surface area contributed by atoms with Crippen LogP contribution in [-0.2, 0) is 10.0 Å². The van der Waals surface area contributed by atoms with Gasteiger partial charge >= 0.3 is 0 Å². The zero-order valence-electron chi connectivity index (χ0n) is 22.1. The van der Waals surface area contributed by atoms with E-state index in [1.165, 1.54) is 30.6 Å². The Labute approximate surface area is 230 Å². The Hall–Kier alpha value is -4.37. The molecular weight excluding hydrogens is 543 g/mol. The molecule has 0 unspecified atom stereocenters. The second kappa shape index (κ2) is 12.2. The first-order valence-electron chi connectivity index (χ1n) is 12.1. The van der Waals surface area contributed by atoms with E-state index >= 15 is 0 Å². The van der Waals surface area contributed by atoms with Gasteiger partial charge in [-0.25, -0.2) is 22.8 Å². The average molecular weight is 573 g/mol. The van der Waals surface area contributed by atoms with E-state index in [1.807, 2.05) is 0 Å². The quantitative estimate of drug-likeness (QED) is 0.306. The molecule has 0 radical (unpaired) electrons. The summed E-state index contributed by atoms with van der Waals surface area (Å²) in [5.74, 6) is 0.297. The number of rotatable bonds is 8. The van der Waals surface area contributed by atoms with Gasteiger partial charge in [0.2, 0.25) is 21.9 Å². The minimum Gasteiger partial charge on any atom is -0.494 e. The number of hydrogen-bond donors (Lipinski definition) is 2. The van der Waals surface area contributed by atoms with E-state index in [4.69, 9.17) is 9.47 Å². The second-order valence-electron chi connectivity index (χ2n) is 8.80. The summed E-state index contributed by atoms with van der Waals surface area (Å²) in [7, 11) is -1.25. The van der Waals surface area contributed by atoms with Crippen LogP contribution in [-0.4, -0.2) is 89.5 Å². The Morgan fingerprint density at radius 2 is 1.93 bits per heavy atom. The second-order valence-corrected chi connectivity index (χ2v) is 10.8. The third-order valence-electron chi connectivity index (χ3n) is 6.05. The lowest BCUT2D eigenvalue weighted by Gasteiger charge is -2.35. The van der Waals surface area contributed by atoms with E-state index in [1.54, 1.807) is 42.7 Å². The number of guanidine groups is 1. The van der Waals surface area contributed by atoms with Gasteiger partial charge in [0.15, 0.2) is 5.82 Å². The molecule has 2 atom stereocenters. The lowest BCUT2D eigenvalue weighted by atomic mass is 10.1. The van der Waals surface area contributed by atoms with Crippen LogP contribution in [0.5, 0.6) is 11.5 Å². The number of benzene rings is 1. The molecule has 1 aliphatic rings. The number of hydrogen-bond acceptors (Lipinski definition) is 9. The van der Waals surface area contributed by atoms with Crippen LogP contribution in [0, 0.1) is 0 Å². The lowest BCUT2D eigenvalue weighted by Crippen LogP contribution is -2.51. The molecule has 0 aliphatic carbocycles. The summed E-state index contributed by atoms with van der Waals surface area (Å²) in [5, 5.41) is 17.8. The number of nitrogens with one attached hydrogen (secondary N) is 1. The molecule has 1 aliphatic heterocycles. The van der Waals surface area contributed by atoms with Gasteiger partial charge in [0.1, 0.15) is 28.3 Å². The number of aliphatic imine (C=N–C) groups is 2. The van der Waals surface area contributed by atoms with Crippen LogP contribution >= 0.6 is 0 Å². The zero-order chi connectivity index (χ0) is 28.9. The molecule has 40 heavy (non-hydrogen) atoms. The van der Waals surface area contributed by atoms with Gasteiger partial charge in [-0.15, -0.1) is 10.2 Å². The lowest BCUT2D eigenvalue weighted by molar-refractivity contribution is 0.104. The van der Waals surface area contributed by atoms with Gasteiger partial charge in [0.05, 0.1) is 26.5 Å². The summed E-state index contributed by atoms with van der Waals surface area (Å²) in [5.41, 5.74) is 0.916. The van der Waals surface area contributed by atoms with E-state index in [0.717, 1.165) is 6.20 Å². The summed E-state index contributed by atoms with van der Waals surface area (Å²) < 4.78 is 55.8. The molecule has 4 rings (SSSR count). The number of nitrogens with zero attached hydrogens (tertiary/aromatic N) is 7. The van der Waals surface area contributed by atoms with Gasteiger partial charge in [0, 0.05) is 31.0 Å². The molecule has 212 valence electrons. The summed E-state index contributed by atoms with van der Waals surface area (Å²) in [4.78, 5) is 13.3. The van der Waals surface area contributed by atoms with Gasteiger partial charge in [-0.3, -0.25) is 14.3 Å². The van der Waals surface area contributed by atoms with Gasteiger partial charge in [-0.2, -0.15) is 0 Å². The number of anilines is 1. The monoisotopic (exact) mass is 572 g/mol. The number of ether oxygens (including phenoxy) is 2. The highest BCUT2D eigenvalue weighted by atomic mass is 32.2. The molecular formula is C25H29FN8O5S. The number of pyridine rings is 1. The number of β-amino-alcohol motifs (C(OH)–C–C–N with tert-alkyl or cyclic N) is 1. The minimum atomic E-state index is -4.19. The van der Waals surface area contributed by atoms with Crippen LogP contribution in [0.3, 0.4) is 0 Å². The van der Waals surface area contributed by atoms with Crippen molar-refractivity contribution in [2.24, 2.45) is 9.98 Å². The number of likely N-dealkylation sites (tertiary alicyclic amines) is 1. The first kappa shape index (κ1) is 28.6. The predicted molar refractivity (Wildman–Crippen MR) is 148 cm³/mol. The largest absolute Gasteiger partial charge is 0.494 e. The number of piperidine rings is 1.